The second-order valence-electron chi connectivity index (χ2n) is 7.70. The van der Waals surface area contributed by atoms with Crippen LogP contribution in [0.5, 0.6) is 0 Å². The lowest BCUT2D eigenvalue weighted by atomic mass is 10.00. The molecule has 1 fully saturated rings. The van der Waals surface area contributed by atoms with Crippen molar-refractivity contribution in [1.82, 2.24) is 14.8 Å². The zero-order valence-corrected chi connectivity index (χ0v) is 17.2. The van der Waals surface area contributed by atoms with E-state index in [2.05, 4.69) is 22.0 Å². The van der Waals surface area contributed by atoms with Crippen molar-refractivity contribution >= 4 is 22.5 Å². The molecule has 2 heterocycles. The van der Waals surface area contributed by atoms with Crippen molar-refractivity contribution in [3.63, 3.8) is 0 Å². The van der Waals surface area contributed by atoms with Crippen LogP contribution in [0, 0.1) is 23.6 Å². The van der Waals surface area contributed by atoms with E-state index < -0.39 is 11.4 Å². The number of aryl methyl sites for hydroxylation is 1. The Hall–Kier alpha value is -2.33. The summed E-state index contributed by atoms with van der Waals surface area (Å²) in [6, 6.07) is 3.22. The first-order chi connectivity index (χ1) is 13.9. The predicted octanol–water partition coefficient (Wildman–Crippen LogP) is 4.37. The molecular weight excluding hydrogens is 393 g/mol. The molecule has 0 spiro atoms. The van der Waals surface area contributed by atoms with Crippen molar-refractivity contribution in [2.75, 3.05) is 13.7 Å². The molecule has 152 valence electrons. The van der Waals surface area contributed by atoms with E-state index in [9.17, 15) is 9.50 Å². The van der Waals surface area contributed by atoms with Crippen LogP contribution in [-0.4, -0.2) is 39.2 Å². The fourth-order valence-electron chi connectivity index (χ4n) is 3.59. The summed E-state index contributed by atoms with van der Waals surface area (Å²) in [6.45, 7) is 2.99. The van der Waals surface area contributed by atoms with E-state index in [-0.39, 0.29) is 11.5 Å². The first kappa shape index (κ1) is 20.0. The number of ether oxygens (including phenoxy) is 1. The van der Waals surface area contributed by atoms with Crippen LogP contribution in [0.4, 0.5) is 4.39 Å². The predicted molar refractivity (Wildman–Crippen MR) is 111 cm³/mol. The van der Waals surface area contributed by atoms with Gasteiger partial charge in [0, 0.05) is 43.0 Å². The van der Waals surface area contributed by atoms with Gasteiger partial charge in [0.05, 0.1) is 17.3 Å². The number of rotatable bonds is 6. The maximum Gasteiger partial charge on any atom is 0.140 e. The number of nitrogens with zero attached hydrogens (tertiary/aromatic N) is 2. The Morgan fingerprint density at radius 3 is 2.86 bits per heavy atom. The van der Waals surface area contributed by atoms with Crippen molar-refractivity contribution in [3.05, 3.63) is 41.1 Å². The van der Waals surface area contributed by atoms with E-state index in [1.54, 1.807) is 26.3 Å². The number of aliphatic hydroxyl groups is 1. The topological polar surface area (TPSA) is 63.1 Å². The van der Waals surface area contributed by atoms with E-state index in [0.29, 0.717) is 18.3 Å². The summed E-state index contributed by atoms with van der Waals surface area (Å²) < 4.78 is 22.0. The Kier molecular flexibility index (Phi) is 5.39. The number of hydrogen-bond acceptors (Lipinski definition) is 3. The van der Waals surface area contributed by atoms with Crippen molar-refractivity contribution in [1.29, 1.82) is 0 Å². The van der Waals surface area contributed by atoms with Crippen molar-refractivity contribution in [3.8, 4) is 23.0 Å². The number of H-pyrrole nitrogens is 1. The molecule has 1 aliphatic carbocycles. The summed E-state index contributed by atoms with van der Waals surface area (Å²) in [4.78, 5) is 0. The quantitative estimate of drug-likeness (QED) is 0.464. The van der Waals surface area contributed by atoms with Crippen LogP contribution in [0.15, 0.2) is 24.5 Å². The Morgan fingerprint density at radius 1 is 1.41 bits per heavy atom. The van der Waals surface area contributed by atoms with Gasteiger partial charge in [0.1, 0.15) is 16.6 Å². The van der Waals surface area contributed by atoms with E-state index in [1.165, 1.54) is 6.07 Å². The zero-order valence-electron chi connectivity index (χ0n) is 16.4. The van der Waals surface area contributed by atoms with E-state index >= 15 is 0 Å². The summed E-state index contributed by atoms with van der Waals surface area (Å²) in [7, 11) is 1.66. The zero-order chi connectivity index (χ0) is 20.6. The van der Waals surface area contributed by atoms with Gasteiger partial charge in [-0.15, -0.1) is 0 Å². The number of fused-ring (bicyclic) bond motifs is 1. The van der Waals surface area contributed by atoms with E-state index in [1.807, 2.05) is 10.8 Å². The normalized spacial score (nSPS) is 15.9. The highest BCUT2D eigenvalue weighted by Crippen LogP contribution is 2.39. The molecule has 3 aromatic rings. The standard InChI is InChI=1S/C22H23ClFN3O2/c1-22(28,15-4-5-15)7-6-14-10-16-18(17-12-25-26-21(17)23)13-27(8-3-9-29-2)20(16)11-19(14)24/h10-13,15,28H,3-5,8-9H2,1-2H3,(H,25,26). The number of hydrogen-bond donors (Lipinski definition) is 2. The first-order valence-electron chi connectivity index (χ1n) is 9.67. The second kappa shape index (κ2) is 7.83. The van der Waals surface area contributed by atoms with Crippen molar-refractivity contribution in [2.45, 2.75) is 38.3 Å². The molecular formula is C22H23ClFN3O2. The van der Waals surface area contributed by atoms with Crippen molar-refractivity contribution < 1.29 is 14.2 Å². The van der Waals surface area contributed by atoms with Gasteiger partial charge in [-0.05, 0) is 44.2 Å². The molecule has 0 saturated heterocycles. The molecule has 29 heavy (non-hydrogen) atoms. The fourth-order valence-corrected chi connectivity index (χ4v) is 3.78. The number of halogens is 2. The molecule has 1 aromatic carbocycles. The second-order valence-corrected chi connectivity index (χ2v) is 8.08. The molecule has 1 aliphatic rings. The van der Waals surface area contributed by atoms with Crippen LogP contribution in [0.1, 0.15) is 31.7 Å². The fraction of sp³-hybridized carbons (Fsp3) is 0.409. The lowest BCUT2D eigenvalue weighted by Gasteiger charge is -2.14. The molecule has 1 saturated carbocycles. The number of benzene rings is 1. The molecule has 1 atom stereocenters. The number of aromatic amines is 1. The third-order valence-corrected chi connectivity index (χ3v) is 5.71. The van der Waals surface area contributed by atoms with Gasteiger partial charge in [-0.3, -0.25) is 5.10 Å². The summed E-state index contributed by atoms with van der Waals surface area (Å²) in [5.74, 6) is 5.47. The van der Waals surface area contributed by atoms with Gasteiger partial charge in [-0.1, -0.05) is 23.4 Å². The summed E-state index contributed by atoms with van der Waals surface area (Å²) in [5, 5.41) is 18.4. The van der Waals surface area contributed by atoms with Gasteiger partial charge in [0.2, 0.25) is 0 Å². The SMILES string of the molecule is COCCCn1cc(-c2cn[nH]c2Cl)c2cc(C#CC(C)(O)C3CC3)c(F)cc21. The molecule has 0 aliphatic heterocycles. The molecule has 7 heteroatoms. The Labute approximate surface area is 173 Å². The molecule has 0 bridgehead atoms. The van der Waals surface area contributed by atoms with Gasteiger partial charge in [-0.25, -0.2) is 4.39 Å². The molecule has 1 unspecified atom stereocenters. The smallest absolute Gasteiger partial charge is 0.140 e. The summed E-state index contributed by atoms with van der Waals surface area (Å²) >= 11 is 6.26. The van der Waals surface area contributed by atoms with Gasteiger partial charge in [-0.2, -0.15) is 5.10 Å². The van der Waals surface area contributed by atoms with Gasteiger partial charge >= 0.3 is 0 Å². The Morgan fingerprint density at radius 2 is 2.21 bits per heavy atom. The molecule has 2 aromatic heterocycles. The average Bonchev–Trinajstić information content (AvgIpc) is 3.39. The van der Waals surface area contributed by atoms with Gasteiger partial charge in [0.25, 0.3) is 0 Å². The summed E-state index contributed by atoms with van der Waals surface area (Å²) in [5.41, 5.74) is 1.52. The van der Waals surface area contributed by atoms with E-state index in [0.717, 1.165) is 41.3 Å². The maximum atomic E-state index is 14.8. The Balaban J connectivity index is 1.81. The lowest BCUT2D eigenvalue weighted by Crippen LogP contribution is -2.24. The van der Waals surface area contributed by atoms with Crippen molar-refractivity contribution in [2.24, 2.45) is 5.92 Å². The minimum atomic E-state index is -1.09. The third-order valence-electron chi connectivity index (χ3n) is 5.42. The summed E-state index contributed by atoms with van der Waals surface area (Å²) in [6.07, 6.45) is 6.32. The number of aromatic nitrogens is 3. The van der Waals surface area contributed by atoms with Gasteiger partial charge < -0.3 is 14.4 Å². The van der Waals surface area contributed by atoms with Crippen LogP contribution in [-0.2, 0) is 11.3 Å². The lowest BCUT2D eigenvalue weighted by molar-refractivity contribution is 0.0980. The minimum absolute atomic E-state index is 0.170. The highest BCUT2D eigenvalue weighted by Gasteiger charge is 2.38. The van der Waals surface area contributed by atoms with Crippen LogP contribution in [0.3, 0.4) is 0 Å². The van der Waals surface area contributed by atoms with Crippen LogP contribution >= 0.6 is 11.6 Å². The maximum absolute atomic E-state index is 14.8. The molecule has 2 N–H and O–H groups in total. The molecule has 0 radical (unpaired) electrons. The van der Waals surface area contributed by atoms with E-state index in [4.69, 9.17) is 16.3 Å². The highest BCUT2D eigenvalue weighted by atomic mass is 35.5. The third kappa shape index (κ3) is 4.04. The van der Waals surface area contributed by atoms with Crippen LogP contribution < -0.4 is 0 Å². The molecule has 5 nitrogen and oxygen atoms in total. The highest BCUT2D eigenvalue weighted by molar-refractivity contribution is 6.32. The monoisotopic (exact) mass is 415 g/mol. The number of nitrogens with one attached hydrogen (secondary N) is 1. The average molecular weight is 416 g/mol. The molecule has 4 rings (SSSR count). The van der Waals surface area contributed by atoms with Crippen LogP contribution in [0.25, 0.3) is 22.0 Å². The minimum Gasteiger partial charge on any atom is -0.385 e. The first-order valence-corrected chi connectivity index (χ1v) is 10.0. The van der Waals surface area contributed by atoms with Crippen LogP contribution in [0.2, 0.25) is 5.15 Å². The number of methoxy groups -OCH3 is 1. The molecule has 0 amide bonds. The largest absolute Gasteiger partial charge is 0.385 e. The van der Waals surface area contributed by atoms with Gasteiger partial charge in [0.15, 0.2) is 0 Å². The Bertz CT molecular complexity index is 1100.